The van der Waals surface area contributed by atoms with Gasteiger partial charge in [-0.15, -0.1) is 0 Å². The van der Waals surface area contributed by atoms with Crippen LogP contribution < -0.4 is 21.3 Å². The number of aromatic nitrogens is 4. The van der Waals surface area contributed by atoms with Crippen LogP contribution in [0, 0.1) is 0 Å². The molecular formula is C18H23N5O4. The van der Waals surface area contributed by atoms with Crippen molar-refractivity contribution >= 4 is 22.8 Å². The lowest BCUT2D eigenvalue weighted by Crippen LogP contribution is -2.37. The molecule has 3 rings (SSSR count). The average molecular weight is 373 g/mol. The maximum Gasteiger partial charge on any atom is 0.332 e. The molecule has 0 radical (unpaired) electrons. The first-order valence-electron chi connectivity index (χ1n) is 8.33. The lowest BCUT2D eigenvalue weighted by atomic mass is 10.3. The van der Waals surface area contributed by atoms with Crippen molar-refractivity contribution in [3.05, 3.63) is 51.4 Å². The molecule has 0 aliphatic heterocycles. The Hall–Kier alpha value is -3.36. The number of carbonyl (C=O) groups is 1. The second kappa shape index (κ2) is 8.35. The van der Waals surface area contributed by atoms with Crippen LogP contribution in [-0.4, -0.2) is 31.2 Å². The summed E-state index contributed by atoms with van der Waals surface area (Å²) in [6, 6.07) is 7.28. The van der Waals surface area contributed by atoms with Crippen LogP contribution >= 0.6 is 0 Å². The number of benzene rings is 1. The number of fused-ring (bicyclic) bond motifs is 1. The molecule has 0 aliphatic carbocycles. The van der Waals surface area contributed by atoms with E-state index in [1.165, 1.54) is 24.9 Å². The van der Waals surface area contributed by atoms with Crippen molar-refractivity contribution in [1.29, 1.82) is 0 Å². The van der Waals surface area contributed by atoms with Gasteiger partial charge in [0.25, 0.3) is 5.56 Å². The number of nitrogens with one attached hydrogen (secondary N) is 1. The molecule has 0 bridgehead atoms. The smallest absolute Gasteiger partial charge is 0.332 e. The number of hydrogen-bond acceptors (Lipinski definition) is 5. The fourth-order valence-corrected chi connectivity index (χ4v) is 2.48. The lowest BCUT2D eigenvalue weighted by molar-refractivity contribution is -0.114. The van der Waals surface area contributed by atoms with Crippen LogP contribution in [0.4, 0.5) is 5.69 Å². The highest BCUT2D eigenvalue weighted by atomic mass is 16.5. The Labute approximate surface area is 155 Å². The van der Waals surface area contributed by atoms with Crippen LogP contribution in [0.15, 0.2) is 40.2 Å². The third-order valence-corrected chi connectivity index (χ3v) is 3.80. The van der Waals surface area contributed by atoms with Gasteiger partial charge in [-0.1, -0.05) is 0 Å². The van der Waals surface area contributed by atoms with Crippen LogP contribution in [0.1, 0.15) is 13.8 Å². The van der Waals surface area contributed by atoms with E-state index in [1.54, 1.807) is 18.7 Å². The zero-order chi connectivity index (χ0) is 20.1. The highest BCUT2D eigenvalue weighted by molar-refractivity contribution is 5.88. The van der Waals surface area contributed by atoms with Gasteiger partial charge in [0.15, 0.2) is 11.2 Å². The van der Waals surface area contributed by atoms with E-state index in [0.29, 0.717) is 17.8 Å². The average Bonchev–Trinajstić information content (AvgIpc) is 3.02. The van der Waals surface area contributed by atoms with Gasteiger partial charge in [0.1, 0.15) is 5.75 Å². The van der Waals surface area contributed by atoms with Gasteiger partial charge in [-0.05, 0) is 31.2 Å². The molecule has 0 unspecified atom stereocenters. The summed E-state index contributed by atoms with van der Waals surface area (Å²) in [6.45, 7) is 4.07. The largest absolute Gasteiger partial charge is 0.494 e. The number of hydrogen-bond donors (Lipinski definition) is 1. The number of ether oxygens (including phenoxy) is 1. The van der Waals surface area contributed by atoms with Crippen molar-refractivity contribution in [2.45, 2.75) is 13.8 Å². The Bertz CT molecular complexity index is 1060. The van der Waals surface area contributed by atoms with Crippen molar-refractivity contribution < 1.29 is 9.53 Å². The molecule has 0 spiro atoms. The zero-order valence-electron chi connectivity index (χ0n) is 16.0. The maximum atomic E-state index is 11.7. The second-order valence-corrected chi connectivity index (χ2v) is 5.87. The summed E-state index contributed by atoms with van der Waals surface area (Å²) < 4.78 is 9.29. The Kier molecular flexibility index (Phi) is 6.17. The van der Waals surface area contributed by atoms with E-state index in [0.717, 1.165) is 16.0 Å². The molecule has 0 saturated carbocycles. The SMILES string of the molecule is CCOc1ccc(NC(C)=O)cc1.Cn1c(=O)c2c(ncn2C)n(C)c1=O. The predicted octanol–water partition coefficient (Wildman–Crippen LogP) is 1.01. The monoisotopic (exact) mass is 373 g/mol. The number of rotatable bonds is 3. The van der Waals surface area contributed by atoms with Crippen LogP contribution in [-0.2, 0) is 25.9 Å². The first kappa shape index (κ1) is 20.0. The van der Waals surface area contributed by atoms with Crippen LogP contribution in [0.25, 0.3) is 11.2 Å². The summed E-state index contributed by atoms with van der Waals surface area (Å²) in [7, 11) is 4.77. The molecule has 0 atom stereocenters. The van der Waals surface area contributed by atoms with E-state index in [2.05, 4.69) is 10.3 Å². The quantitative estimate of drug-likeness (QED) is 0.739. The van der Waals surface area contributed by atoms with E-state index in [-0.39, 0.29) is 17.2 Å². The number of anilines is 1. The van der Waals surface area contributed by atoms with E-state index in [9.17, 15) is 14.4 Å². The topological polar surface area (TPSA) is 100 Å². The fraction of sp³-hybridized carbons (Fsp3) is 0.333. The molecule has 1 N–H and O–H groups in total. The van der Waals surface area contributed by atoms with Crippen LogP contribution in [0.2, 0.25) is 0 Å². The van der Waals surface area contributed by atoms with Gasteiger partial charge in [-0.3, -0.25) is 18.7 Å². The minimum Gasteiger partial charge on any atom is -0.494 e. The minimum absolute atomic E-state index is 0.0656. The molecule has 0 saturated heterocycles. The summed E-state index contributed by atoms with van der Waals surface area (Å²) in [6.07, 6.45) is 1.52. The van der Waals surface area contributed by atoms with E-state index < -0.39 is 0 Å². The molecular weight excluding hydrogens is 350 g/mol. The van der Waals surface area contributed by atoms with Gasteiger partial charge in [0, 0.05) is 33.8 Å². The molecule has 1 amide bonds. The van der Waals surface area contributed by atoms with Crippen molar-refractivity contribution in [2.75, 3.05) is 11.9 Å². The van der Waals surface area contributed by atoms with E-state index in [1.807, 2.05) is 31.2 Å². The second-order valence-electron chi connectivity index (χ2n) is 5.87. The summed E-state index contributed by atoms with van der Waals surface area (Å²) in [4.78, 5) is 37.8. The molecule has 0 fully saturated rings. The third-order valence-electron chi connectivity index (χ3n) is 3.80. The molecule has 2 aromatic heterocycles. The van der Waals surface area contributed by atoms with Gasteiger partial charge < -0.3 is 14.6 Å². The van der Waals surface area contributed by atoms with Crippen molar-refractivity contribution in [2.24, 2.45) is 21.1 Å². The summed E-state index contributed by atoms with van der Waals surface area (Å²) >= 11 is 0. The van der Waals surface area contributed by atoms with Gasteiger partial charge in [0.05, 0.1) is 12.9 Å². The molecule has 2 heterocycles. The van der Waals surface area contributed by atoms with Crippen LogP contribution in [0.3, 0.4) is 0 Å². The Morgan fingerprint density at radius 2 is 1.74 bits per heavy atom. The van der Waals surface area contributed by atoms with Gasteiger partial charge >= 0.3 is 5.69 Å². The van der Waals surface area contributed by atoms with Crippen molar-refractivity contribution in [1.82, 2.24) is 18.7 Å². The highest BCUT2D eigenvalue weighted by Gasteiger charge is 2.11. The molecule has 0 aliphatic rings. The zero-order valence-corrected chi connectivity index (χ0v) is 16.0. The predicted molar refractivity (Wildman–Crippen MR) is 103 cm³/mol. The Morgan fingerprint density at radius 3 is 2.30 bits per heavy atom. The van der Waals surface area contributed by atoms with E-state index in [4.69, 9.17) is 4.74 Å². The van der Waals surface area contributed by atoms with Crippen LogP contribution in [0.5, 0.6) is 5.75 Å². The first-order valence-corrected chi connectivity index (χ1v) is 8.33. The molecule has 3 aromatic rings. The van der Waals surface area contributed by atoms with Gasteiger partial charge in [-0.2, -0.15) is 0 Å². The lowest BCUT2D eigenvalue weighted by Gasteiger charge is -2.04. The highest BCUT2D eigenvalue weighted by Crippen LogP contribution is 2.15. The molecule has 1 aromatic carbocycles. The first-order chi connectivity index (χ1) is 12.8. The Morgan fingerprint density at radius 1 is 1.11 bits per heavy atom. The van der Waals surface area contributed by atoms with Gasteiger partial charge in [-0.25, -0.2) is 9.78 Å². The Balaban J connectivity index is 0.000000194. The molecule has 144 valence electrons. The summed E-state index contributed by atoms with van der Waals surface area (Å²) in [5.41, 5.74) is 0.968. The third kappa shape index (κ3) is 4.43. The standard InChI is InChI=1S/C10H13NO2.C8H10N4O2/c1-3-13-10-6-4-9(5-7-10)11-8(2)12;1-10-4-9-6-5(10)7(13)12(3)8(14)11(6)2/h4-7H,3H2,1-2H3,(H,11,12);4H,1-3H3. The summed E-state index contributed by atoms with van der Waals surface area (Å²) in [5, 5.41) is 2.68. The van der Waals surface area contributed by atoms with Gasteiger partial charge in [0.2, 0.25) is 5.91 Å². The fourth-order valence-electron chi connectivity index (χ4n) is 2.48. The number of imidazole rings is 1. The molecule has 9 nitrogen and oxygen atoms in total. The molecule has 9 heteroatoms. The number of aryl methyl sites for hydroxylation is 2. The number of nitrogens with zero attached hydrogens (tertiary/aromatic N) is 4. The van der Waals surface area contributed by atoms with E-state index >= 15 is 0 Å². The normalized spacial score (nSPS) is 10.3. The molecule has 27 heavy (non-hydrogen) atoms. The number of carbonyl (C=O) groups excluding carboxylic acids is 1. The summed E-state index contributed by atoms with van der Waals surface area (Å²) in [5.74, 6) is 0.751. The minimum atomic E-state index is -0.360. The maximum absolute atomic E-state index is 11.7. The van der Waals surface area contributed by atoms with Crippen molar-refractivity contribution in [3.63, 3.8) is 0 Å². The van der Waals surface area contributed by atoms with Crippen molar-refractivity contribution in [3.8, 4) is 5.75 Å². The number of amides is 1.